The first-order valence-electron chi connectivity index (χ1n) is 6.86. The van der Waals surface area contributed by atoms with Gasteiger partial charge in [-0.05, 0) is 19.4 Å². The van der Waals surface area contributed by atoms with Crippen LogP contribution < -0.4 is 0 Å². The third kappa shape index (κ3) is 2.90. The lowest BCUT2D eigenvalue weighted by molar-refractivity contribution is -0.141. The summed E-state index contributed by atoms with van der Waals surface area (Å²) in [6.45, 7) is 3.67. The van der Waals surface area contributed by atoms with Crippen molar-refractivity contribution in [3.05, 3.63) is 45.6 Å². The number of esters is 2. The van der Waals surface area contributed by atoms with E-state index in [-0.39, 0.29) is 5.97 Å². The van der Waals surface area contributed by atoms with Crippen molar-refractivity contribution in [1.29, 1.82) is 0 Å². The van der Waals surface area contributed by atoms with Gasteiger partial charge in [0, 0.05) is 15.3 Å². The fourth-order valence-corrected chi connectivity index (χ4v) is 3.62. The number of thiophene rings is 1. The van der Waals surface area contributed by atoms with E-state index in [1.807, 2.05) is 37.3 Å². The molecule has 0 aliphatic rings. The fourth-order valence-electron chi connectivity index (χ4n) is 2.41. The largest absolute Gasteiger partial charge is 0.469 e. The molecule has 0 bridgehead atoms. The van der Waals surface area contributed by atoms with Gasteiger partial charge in [0.05, 0.1) is 25.7 Å². The van der Waals surface area contributed by atoms with E-state index in [4.69, 9.17) is 9.47 Å². The highest BCUT2D eigenvalue weighted by Gasteiger charge is 2.29. The third-order valence-electron chi connectivity index (χ3n) is 3.51. The molecule has 0 fully saturated rings. The number of ether oxygens (including phenoxy) is 2. The zero-order valence-corrected chi connectivity index (χ0v) is 13.8. The van der Waals surface area contributed by atoms with Crippen LogP contribution in [-0.4, -0.2) is 26.2 Å². The van der Waals surface area contributed by atoms with Gasteiger partial charge in [0.15, 0.2) is 0 Å². The van der Waals surface area contributed by atoms with E-state index in [9.17, 15) is 9.59 Å². The molecule has 0 N–H and O–H groups in total. The highest BCUT2D eigenvalue weighted by atomic mass is 32.1. The van der Waals surface area contributed by atoms with Gasteiger partial charge < -0.3 is 9.47 Å². The van der Waals surface area contributed by atoms with Crippen LogP contribution in [-0.2, 0) is 14.3 Å². The van der Waals surface area contributed by atoms with Gasteiger partial charge in [-0.15, -0.1) is 11.3 Å². The molecule has 0 spiro atoms. The van der Waals surface area contributed by atoms with Crippen LogP contribution >= 0.6 is 11.3 Å². The average Bonchev–Trinajstić information content (AvgIpc) is 2.90. The van der Waals surface area contributed by atoms with Crippen LogP contribution in [0.1, 0.15) is 33.0 Å². The van der Waals surface area contributed by atoms with E-state index in [1.165, 1.54) is 25.6 Å². The van der Waals surface area contributed by atoms with E-state index >= 15 is 0 Å². The van der Waals surface area contributed by atoms with Gasteiger partial charge in [0.2, 0.25) is 0 Å². The summed E-state index contributed by atoms with van der Waals surface area (Å²) in [5, 5.41) is 0. The van der Waals surface area contributed by atoms with Crippen molar-refractivity contribution in [2.75, 3.05) is 14.2 Å². The molecule has 4 nitrogen and oxygen atoms in total. The first-order valence-corrected chi connectivity index (χ1v) is 7.67. The van der Waals surface area contributed by atoms with Gasteiger partial charge in [-0.1, -0.05) is 30.3 Å². The summed E-state index contributed by atoms with van der Waals surface area (Å²) in [6, 6.07) is 9.62. The van der Waals surface area contributed by atoms with E-state index < -0.39 is 11.9 Å². The standard InChI is InChI=1S/C17H18O4S/c1-10(16(18)20-3)15-14(17(19)21-4)13(11(2)22-15)12-8-6-5-7-9-12/h5-10H,1-4H3. The number of benzene rings is 1. The summed E-state index contributed by atoms with van der Waals surface area (Å²) in [5.74, 6) is -1.32. The molecular weight excluding hydrogens is 300 g/mol. The second kappa shape index (κ2) is 6.75. The molecule has 1 unspecified atom stereocenters. The molecule has 2 rings (SSSR count). The van der Waals surface area contributed by atoms with Crippen LogP contribution in [0.2, 0.25) is 0 Å². The second-order valence-electron chi connectivity index (χ2n) is 4.87. The van der Waals surface area contributed by atoms with E-state index in [1.54, 1.807) is 6.92 Å². The Morgan fingerprint density at radius 3 is 2.27 bits per heavy atom. The Morgan fingerprint density at radius 2 is 1.73 bits per heavy atom. The predicted octanol–water partition coefficient (Wildman–Crippen LogP) is 3.79. The summed E-state index contributed by atoms with van der Waals surface area (Å²) < 4.78 is 9.74. The molecule has 0 radical (unpaired) electrons. The summed E-state index contributed by atoms with van der Waals surface area (Å²) in [5.41, 5.74) is 2.21. The van der Waals surface area contributed by atoms with E-state index in [0.717, 1.165) is 16.0 Å². The van der Waals surface area contributed by atoms with Gasteiger partial charge >= 0.3 is 11.9 Å². The van der Waals surface area contributed by atoms with Crippen LogP contribution in [0, 0.1) is 6.92 Å². The van der Waals surface area contributed by atoms with Crippen LogP contribution in [0.15, 0.2) is 30.3 Å². The fraction of sp³-hybridized carbons (Fsp3) is 0.294. The smallest absolute Gasteiger partial charge is 0.339 e. The van der Waals surface area contributed by atoms with Crippen LogP contribution in [0.4, 0.5) is 0 Å². The van der Waals surface area contributed by atoms with E-state index in [0.29, 0.717) is 10.4 Å². The number of hydrogen-bond acceptors (Lipinski definition) is 5. The molecule has 22 heavy (non-hydrogen) atoms. The van der Waals surface area contributed by atoms with Crippen molar-refractivity contribution in [3.63, 3.8) is 0 Å². The van der Waals surface area contributed by atoms with Crippen molar-refractivity contribution < 1.29 is 19.1 Å². The maximum absolute atomic E-state index is 12.3. The van der Waals surface area contributed by atoms with E-state index in [2.05, 4.69) is 0 Å². The predicted molar refractivity (Wildman–Crippen MR) is 86.3 cm³/mol. The molecule has 0 amide bonds. The summed E-state index contributed by atoms with van der Waals surface area (Å²) >= 11 is 1.43. The van der Waals surface area contributed by atoms with Crippen LogP contribution in [0.3, 0.4) is 0 Å². The Bertz CT molecular complexity index is 688. The Hall–Kier alpha value is -2.14. The van der Waals surface area contributed by atoms with Crippen molar-refractivity contribution in [1.82, 2.24) is 0 Å². The number of methoxy groups -OCH3 is 2. The molecule has 116 valence electrons. The summed E-state index contributed by atoms with van der Waals surface area (Å²) in [7, 11) is 2.69. The molecule has 1 heterocycles. The molecule has 0 saturated heterocycles. The topological polar surface area (TPSA) is 52.6 Å². The van der Waals surface area contributed by atoms with Crippen LogP contribution in [0.25, 0.3) is 11.1 Å². The highest BCUT2D eigenvalue weighted by Crippen LogP contribution is 2.40. The SMILES string of the molecule is COC(=O)c1c(C(C)C(=O)OC)sc(C)c1-c1ccccc1. The Labute approximate surface area is 133 Å². The summed E-state index contributed by atoms with van der Waals surface area (Å²) in [6.07, 6.45) is 0. The van der Waals surface area contributed by atoms with Crippen molar-refractivity contribution in [2.24, 2.45) is 0 Å². The molecule has 0 aliphatic carbocycles. The lowest BCUT2D eigenvalue weighted by Gasteiger charge is -2.11. The Morgan fingerprint density at radius 1 is 1.09 bits per heavy atom. The van der Waals surface area contributed by atoms with Crippen molar-refractivity contribution in [2.45, 2.75) is 19.8 Å². The van der Waals surface area contributed by atoms with Gasteiger partial charge in [-0.3, -0.25) is 4.79 Å². The quantitative estimate of drug-likeness (QED) is 0.805. The van der Waals surface area contributed by atoms with Crippen molar-refractivity contribution >= 4 is 23.3 Å². The first kappa shape index (κ1) is 16.2. The lowest BCUT2D eigenvalue weighted by Crippen LogP contribution is -2.14. The van der Waals surface area contributed by atoms with Gasteiger partial charge in [0.1, 0.15) is 0 Å². The van der Waals surface area contributed by atoms with Gasteiger partial charge in [-0.2, -0.15) is 0 Å². The van der Waals surface area contributed by atoms with Crippen molar-refractivity contribution in [3.8, 4) is 11.1 Å². The molecular formula is C17H18O4S. The molecule has 0 saturated carbocycles. The Kier molecular flexibility index (Phi) is 4.98. The molecule has 1 aromatic heterocycles. The molecule has 0 aliphatic heterocycles. The third-order valence-corrected chi connectivity index (χ3v) is 4.80. The molecule has 1 aromatic carbocycles. The van der Waals surface area contributed by atoms with Gasteiger partial charge in [0.25, 0.3) is 0 Å². The van der Waals surface area contributed by atoms with Gasteiger partial charge in [-0.25, -0.2) is 4.79 Å². The lowest BCUT2D eigenvalue weighted by atomic mass is 9.96. The zero-order valence-electron chi connectivity index (χ0n) is 13.0. The average molecular weight is 318 g/mol. The van der Waals surface area contributed by atoms with Crippen LogP contribution in [0.5, 0.6) is 0 Å². The first-order chi connectivity index (χ1) is 10.5. The number of hydrogen-bond donors (Lipinski definition) is 0. The number of rotatable bonds is 4. The minimum Gasteiger partial charge on any atom is -0.469 e. The molecule has 2 aromatic rings. The number of carbonyl (C=O) groups is 2. The molecule has 1 atom stereocenters. The number of carbonyl (C=O) groups excluding carboxylic acids is 2. The number of aryl methyl sites for hydroxylation is 1. The zero-order chi connectivity index (χ0) is 16.3. The maximum Gasteiger partial charge on any atom is 0.339 e. The Balaban J connectivity index is 2.67. The minimum atomic E-state index is -0.514. The summed E-state index contributed by atoms with van der Waals surface area (Å²) in [4.78, 5) is 25.8. The minimum absolute atomic E-state index is 0.369. The highest BCUT2D eigenvalue weighted by molar-refractivity contribution is 7.13. The maximum atomic E-state index is 12.3. The molecule has 5 heteroatoms. The monoisotopic (exact) mass is 318 g/mol. The normalized spacial score (nSPS) is 11.8. The second-order valence-corrected chi connectivity index (χ2v) is 6.13.